The first-order valence-electron chi connectivity index (χ1n) is 8.93. The second-order valence-corrected chi connectivity index (χ2v) is 6.14. The minimum absolute atomic E-state index is 0.139. The lowest BCUT2D eigenvalue weighted by Crippen LogP contribution is -2.28. The Morgan fingerprint density at radius 1 is 1.30 bits per heavy atom. The van der Waals surface area contributed by atoms with Gasteiger partial charge in [0, 0.05) is 25.2 Å². The molecule has 4 rings (SSSR count). The average Bonchev–Trinajstić information content (AvgIpc) is 3.14. The molecule has 1 aliphatic heterocycles. The van der Waals surface area contributed by atoms with E-state index in [0.717, 1.165) is 0 Å². The average molecular weight is 412 g/mol. The highest BCUT2D eigenvalue weighted by Crippen LogP contribution is 2.40. The quantitative estimate of drug-likeness (QED) is 0.467. The van der Waals surface area contributed by atoms with Crippen LogP contribution in [0.4, 0.5) is 32.2 Å². The summed E-state index contributed by atoms with van der Waals surface area (Å²) in [6.45, 7) is 0.540. The van der Waals surface area contributed by atoms with Crippen molar-refractivity contribution < 1.29 is 18.7 Å². The van der Waals surface area contributed by atoms with E-state index in [0.29, 0.717) is 53.4 Å². The Bertz CT molecular complexity index is 1160. The summed E-state index contributed by atoms with van der Waals surface area (Å²) in [7, 11) is 1.70. The standard InChI is InChI=1S/C18H17FN8O3/c1-21-15-8-14(24-11-6-10(19)7-13-16(11)30-5-4-29-13)26-17-12(9-23-27(15)17)25-18(28)22-3-2-20/h6-9,21H,3-5H2,1H3,(H,24,26)(H2,22,25,28). The number of urea groups is 1. The van der Waals surface area contributed by atoms with Crippen LogP contribution in [0.5, 0.6) is 11.5 Å². The molecule has 2 amide bonds. The van der Waals surface area contributed by atoms with Crippen LogP contribution in [-0.4, -0.2) is 47.4 Å². The third kappa shape index (κ3) is 3.68. The van der Waals surface area contributed by atoms with Crippen molar-refractivity contribution in [3.05, 3.63) is 30.2 Å². The number of ether oxygens (including phenoxy) is 2. The van der Waals surface area contributed by atoms with E-state index in [1.165, 1.54) is 22.8 Å². The Morgan fingerprint density at radius 3 is 2.93 bits per heavy atom. The van der Waals surface area contributed by atoms with Crippen molar-refractivity contribution in [1.82, 2.24) is 19.9 Å². The van der Waals surface area contributed by atoms with Gasteiger partial charge in [0.15, 0.2) is 17.1 Å². The number of nitrogens with one attached hydrogen (secondary N) is 4. The van der Waals surface area contributed by atoms with Crippen LogP contribution < -0.4 is 30.7 Å². The molecule has 0 bridgehead atoms. The van der Waals surface area contributed by atoms with Crippen LogP contribution in [0, 0.1) is 17.1 Å². The fraction of sp³-hybridized carbons (Fsp3) is 0.222. The van der Waals surface area contributed by atoms with Gasteiger partial charge in [0.1, 0.15) is 42.9 Å². The maximum absolute atomic E-state index is 14.0. The molecule has 0 atom stereocenters. The molecule has 1 aliphatic rings. The lowest BCUT2D eigenvalue weighted by atomic mass is 10.2. The number of amides is 2. The number of nitrogens with zero attached hydrogens (tertiary/aromatic N) is 4. The highest BCUT2D eigenvalue weighted by molar-refractivity contribution is 5.93. The summed E-state index contributed by atoms with van der Waals surface area (Å²) in [6, 6.07) is 5.46. The van der Waals surface area contributed by atoms with E-state index >= 15 is 0 Å². The molecule has 0 saturated heterocycles. The first-order valence-corrected chi connectivity index (χ1v) is 8.93. The van der Waals surface area contributed by atoms with Crippen LogP contribution in [0.1, 0.15) is 0 Å². The molecule has 0 aliphatic carbocycles. The van der Waals surface area contributed by atoms with Crippen molar-refractivity contribution in [2.45, 2.75) is 0 Å². The van der Waals surface area contributed by atoms with E-state index in [9.17, 15) is 9.18 Å². The number of benzene rings is 1. The molecule has 4 N–H and O–H groups in total. The minimum Gasteiger partial charge on any atom is -0.486 e. The van der Waals surface area contributed by atoms with Crippen molar-refractivity contribution in [2.75, 3.05) is 42.8 Å². The minimum atomic E-state index is -0.567. The Labute approximate surface area is 169 Å². The van der Waals surface area contributed by atoms with Crippen molar-refractivity contribution in [1.29, 1.82) is 5.26 Å². The van der Waals surface area contributed by atoms with Gasteiger partial charge in [0.2, 0.25) is 0 Å². The van der Waals surface area contributed by atoms with Crippen molar-refractivity contribution >= 4 is 34.7 Å². The lowest BCUT2D eigenvalue weighted by molar-refractivity contribution is 0.172. The lowest BCUT2D eigenvalue weighted by Gasteiger charge is -2.21. The fourth-order valence-corrected chi connectivity index (χ4v) is 2.93. The topological polar surface area (TPSA) is 138 Å². The molecule has 3 heterocycles. The summed E-state index contributed by atoms with van der Waals surface area (Å²) >= 11 is 0. The van der Waals surface area contributed by atoms with Gasteiger partial charge in [0.25, 0.3) is 0 Å². The monoisotopic (exact) mass is 412 g/mol. The number of fused-ring (bicyclic) bond motifs is 2. The molecule has 0 radical (unpaired) electrons. The van der Waals surface area contributed by atoms with Gasteiger partial charge in [-0.1, -0.05) is 0 Å². The number of hydrogen-bond donors (Lipinski definition) is 4. The molecule has 30 heavy (non-hydrogen) atoms. The molecule has 1 aromatic carbocycles. The van der Waals surface area contributed by atoms with Crippen LogP contribution in [0.2, 0.25) is 0 Å². The molecular weight excluding hydrogens is 395 g/mol. The number of hydrogen-bond acceptors (Lipinski definition) is 8. The van der Waals surface area contributed by atoms with Crippen LogP contribution >= 0.6 is 0 Å². The van der Waals surface area contributed by atoms with Gasteiger partial charge in [-0.25, -0.2) is 14.2 Å². The zero-order chi connectivity index (χ0) is 21.1. The fourth-order valence-electron chi connectivity index (χ4n) is 2.93. The third-order valence-corrected chi connectivity index (χ3v) is 4.17. The summed E-state index contributed by atoms with van der Waals surface area (Å²) in [5.74, 6) is 1.13. The molecule has 0 unspecified atom stereocenters. The van der Waals surface area contributed by atoms with Gasteiger partial charge in [-0.05, 0) is 0 Å². The number of anilines is 4. The number of nitriles is 1. The first kappa shape index (κ1) is 19.1. The number of carbonyl (C=O) groups is 1. The Hall–Kier alpha value is -4.27. The maximum atomic E-state index is 14.0. The zero-order valence-corrected chi connectivity index (χ0v) is 15.8. The summed E-state index contributed by atoms with van der Waals surface area (Å²) in [6.07, 6.45) is 1.43. The molecule has 0 spiro atoms. The SMILES string of the molecule is CNc1cc(Nc2cc(F)cc3c2OCCO3)nc2c(NC(=O)NCC#N)cnn12. The molecule has 3 aromatic rings. The number of halogens is 1. The Balaban J connectivity index is 1.70. The number of carbonyl (C=O) groups excluding carboxylic acids is 1. The van der Waals surface area contributed by atoms with Gasteiger partial charge in [-0.2, -0.15) is 14.9 Å². The summed E-state index contributed by atoms with van der Waals surface area (Å²) in [5.41, 5.74) is 1.01. The van der Waals surface area contributed by atoms with Gasteiger partial charge in [-0.3, -0.25) is 0 Å². The van der Waals surface area contributed by atoms with Crippen LogP contribution in [0.15, 0.2) is 24.4 Å². The normalized spacial score (nSPS) is 12.2. The van der Waals surface area contributed by atoms with E-state index in [2.05, 4.69) is 31.3 Å². The van der Waals surface area contributed by atoms with Crippen LogP contribution in [0.3, 0.4) is 0 Å². The highest BCUT2D eigenvalue weighted by atomic mass is 19.1. The van der Waals surface area contributed by atoms with Crippen LogP contribution in [0.25, 0.3) is 5.65 Å². The van der Waals surface area contributed by atoms with Crippen LogP contribution in [-0.2, 0) is 0 Å². The highest BCUT2D eigenvalue weighted by Gasteiger charge is 2.20. The zero-order valence-electron chi connectivity index (χ0n) is 15.8. The third-order valence-electron chi connectivity index (χ3n) is 4.17. The van der Waals surface area contributed by atoms with Gasteiger partial charge in [0.05, 0.1) is 18.0 Å². The van der Waals surface area contributed by atoms with Gasteiger partial charge < -0.3 is 30.7 Å². The number of aromatic nitrogens is 3. The van der Waals surface area contributed by atoms with E-state index in [-0.39, 0.29) is 6.54 Å². The summed E-state index contributed by atoms with van der Waals surface area (Å²) in [5, 5.41) is 23.8. The number of rotatable bonds is 5. The van der Waals surface area contributed by atoms with Crippen molar-refractivity contribution in [3.63, 3.8) is 0 Å². The molecule has 154 valence electrons. The molecule has 0 saturated carbocycles. The second-order valence-electron chi connectivity index (χ2n) is 6.14. The van der Waals surface area contributed by atoms with E-state index < -0.39 is 11.8 Å². The Morgan fingerprint density at radius 2 is 2.13 bits per heavy atom. The summed E-state index contributed by atoms with van der Waals surface area (Å²) < 4.78 is 26.6. The van der Waals surface area contributed by atoms with Gasteiger partial charge >= 0.3 is 6.03 Å². The Kier molecular flexibility index (Phi) is 5.08. The predicted molar refractivity (Wildman–Crippen MR) is 106 cm³/mol. The molecule has 0 fully saturated rings. The molecule has 12 heteroatoms. The summed E-state index contributed by atoms with van der Waals surface area (Å²) in [4.78, 5) is 16.4. The van der Waals surface area contributed by atoms with E-state index in [1.54, 1.807) is 13.1 Å². The maximum Gasteiger partial charge on any atom is 0.320 e. The molecule has 11 nitrogen and oxygen atoms in total. The molecular formula is C18H17FN8O3. The van der Waals surface area contributed by atoms with Gasteiger partial charge in [-0.15, -0.1) is 0 Å². The van der Waals surface area contributed by atoms with E-state index in [4.69, 9.17) is 14.7 Å². The second kappa shape index (κ2) is 8.00. The molecule has 2 aromatic heterocycles. The smallest absolute Gasteiger partial charge is 0.320 e. The van der Waals surface area contributed by atoms with Crippen molar-refractivity contribution in [3.8, 4) is 17.6 Å². The predicted octanol–water partition coefficient (Wildman–Crippen LogP) is 2.07. The van der Waals surface area contributed by atoms with Crippen molar-refractivity contribution in [2.24, 2.45) is 0 Å². The van der Waals surface area contributed by atoms with E-state index in [1.807, 2.05) is 6.07 Å². The first-order chi connectivity index (χ1) is 14.6. The largest absolute Gasteiger partial charge is 0.486 e.